The van der Waals surface area contributed by atoms with E-state index in [9.17, 15) is 38.7 Å². The molecule has 7 aromatic rings. The van der Waals surface area contributed by atoms with Crippen LogP contribution < -0.4 is 31.9 Å². The second kappa shape index (κ2) is 49.7. The van der Waals surface area contributed by atoms with Crippen LogP contribution in [0.25, 0.3) is 33.4 Å². The molecule has 2 unspecified atom stereocenters. The molecule has 0 radical (unpaired) electrons. The van der Waals surface area contributed by atoms with Gasteiger partial charge in [-0.05, 0) is 180 Å². The number of hydrogen-bond acceptors (Lipinski definition) is 29. The number of rotatable bonds is 48. The van der Waals surface area contributed by atoms with Crippen LogP contribution >= 0.6 is 0 Å². The Bertz CT molecular complexity index is 4940. The Kier molecular flexibility index (Phi) is 37.4. The Balaban J connectivity index is 0.429. The molecule has 696 valence electrons. The van der Waals surface area contributed by atoms with Crippen LogP contribution in [0.3, 0.4) is 0 Å². The molecule has 4 amide bonds. The fourth-order valence-corrected chi connectivity index (χ4v) is 17.3. The third-order valence-corrected chi connectivity index (χ3v) is 24.8. The van der Waals surface area contributed by atoms with Crippen LogP contribution in [-0.2, 0) is 87.9 Å². The number of nitrogens with two attached hydrogens (primary N) is 2. The first-order valence-electron chi connectivity index (χ1n) is 45.8. The van der Waals surface area contributed by atoms with E-state index >= 15 is 0 Å². The molecule has 5 aliphatic rings. The molecule has 9 heterocycles. The topological polar surface area (TPSA) is 424 Å². The number of amides is 4. The van der Waals surface area contributed by atoms with Gasteiger partial charge in [0.2, 0.25) is 23.6 Å². The second-order valence-electron chi connectivity index (χ2n) is 34.6. The van der Waals surface area contributed by atoms with Crippen molar-refractivity contribution in [3.63, 3.8) is 0 Å². The van der Waals surface area contributed by atoms with Crippen LogP contribution in [0, 0.1) is 23.7 Å². The number of aliphatic hydroxyl groups is 1. The number of hydrogen-bond donors (Lipinski definition) is 5. The second-order valence-corrected chi connectivity index (χ2v) is 34.6. The Morgan fingerprint density at radius 2 is 1.40 bits per heavy atom. The molecule has 7 N–H and O–H groups in total. The van der Waals surface area contributed by atoms with Crippen LogP contribution in [-0.4, -0.2) is 250 Å². The zero-order chi connectivity index (χ0) is 91.0. The lowest BCUT2D eigenvalue weighted by Crippen LogP contribution is -2.47. The normalized spacial score (nSPS) is 19.2. The number of piperazine rings is 1. The third-order valence-electron chi connectivity index (χ3n) is 24.8. The molecule has 1 saturated carbocycles. The number of piperidine rings is 1. The number of aromatic nitrogens is 9. The van der Waals surface area contributed by atoms with E-state index in [0.717, 1.165) is 116 Å². The first-order chi connectivity index (χ1) is 62.6. The fraction of sp³-hybridized carbons (Fsp3) is 0.568. The van der Waals surface area contributed by atoms with Crippen LogP contribution in [0.5, 0.6) is 0 Å². The first-order valence-corrected chi connectivity index (χ1v) is 45.8. The van der Waals surface area contributed by atoms with Gasteiger partial charge in [0.15, 0.2) is 11.2 Å². The zero-order valence-electron chi connectivity index (χ0n) is 75.5. The molecule has 34 nitrogen and oxygen atoms in total. The smallest absolute Gasteiger partial charge is 0.407 e. The molecule has 5 aromatic heterocycles. The van der Waals surface area contributed by atoms with E-state index in [1.54, 1.807) is 42.9 Å². The molecule has 0 spiro atoms. The van der Waals surface area contributed by atoms with Crippen molar-refractivity contribution in [2.24, 2.45) is 23.7 Å². The van der Waals surface area contributed by atoms with Gasteiger partial charge < -0.3 is 89.1 Å². The van der Waals surface area contributed by atoms with Gasteiger partial charge in [0.1, 0.15) is 47.5 Å². The Labute approximate surface area is 754 Å². The number of likely N-dealkylation sites (tertiary alicyclic amines) is 1. The fourth-order valence-electron chi connectivity index (χ4n) is 17.3. The van der Waals surface area contributed by atoms with E-state index in [2.05, 4.69) is 87.4 Å². The van der Waals surface area contributed by atoms with Gasteiger partial charge in [-0.1, -0.05) is 75.4 Å². The van der Waals surface area contributed by atoms with Gasteiger partial charge in [-0.3, -0.25) is 28.8 Å². The number of carbonyl (C=O) groups is 7. The minimum Gasteiger partial charge on any atom is -0.465 e. The molecule has 12 rings (SSSR count). The Hall–Kier alpha value is -11.0. The Morgan fingerprint density at radius 1 is 0.690 bits per heavy atom. The Morgan fingerprint density at radius 3 is 2.11 bits per heavy atom. The largest absolute Gasteiger partial charge is 0.465 e. The highest BCUT2D eigenvalue weighted by molar-refractivity contribution is 6.37. The number of ketones is 2. The summed E-state index contributed by atoms with van der Waals surface area (Å²) in [6.45, 7) is 18.9. The van der Waals surface area contributed by atoms with Crippen LogP contribution in [0.1, 0.15) is 183 Å². The number of anilines is 4. The summed E-state index contributed by atoms with van der Waals surface area (Å²) >= 11 is 0. The van der Waals surface area contributed by atoms with E-state index in [1.807, 2.05) is 78.9 Å². The molecule has 0 bridgehead atoms. The van der Waals surface area contributed by atoms with Crippen molar-refractivity contribution in [2.75, 3.05) is 134 Å². The number of benzene rings is 2. The number of carbonyl (C=O) groups excluding carboxylic acids is 7. The maximum atomic E-state index is 13.8. The van der Waals surface area contributed by atoms with Crippen molar-refractivity contribution < 1.29 is 81.0 Å². The molecule has 4 fully saturated rings. The average molecular weight is 1780 g/mol. The summed E-state index contributed by atoms with van der Waals surface area (Å²) in [5.74, 6) is 0.744. The van der Waals surface area contributed by atoms with Crippen molar-refractivity contribution in [1.82, 2.24) is 65.1 Å². The SMILES string of the molecule is CO[C@@H](CC1CCCC(C(=O)C(=O)N2CCCCC2)O1)/C(C)=C/C=C/C=C/[C@@H](C)C[C@@H](C)C(=O)C[C@H](O)/C(C)=C/[C@@H](C)CC[C@@H](CC[C@H]1CC[C@H](OC(=O)NCCOCCOCCOCCOCCC(=O)NCc2cnc(N3CCN(c4ncc(C(=O)N5CCc6cc(Cn7nc(-c8ccc9oc(N)nc9c8)c8c(N)ncnc87)ccc6C5)cn4)CC3)nc2)CC1)OC=O. The highest BCUT2D eigenvalue weighted by Gasteiger charge is 2.37. The van der Waals surface area contributed by atoms with Crippen LogP contribution in [0.15, 0.2) is 120 Å². The van der Waals surface area contributed by atoms with Gasteiger partial charge >= 0.3 is 6.09 Å². The number of methoxy groups -OCH3 is 1. The highest BCUT2D eigenvalue weighted by atomic mass is 16.6. The molecular formula is C95H129N17O17. The van der Waals surface area contributed by atoms with Crippen molar-refractivity contribution in [2.45, 2.75) is 213 Å². The standard InChI is InChI=1S/C95H129N17O17/c1-63(14-9-7-10-15-65(3)83(121-6)52-77-16-13-17-82(127-77)87(117)91(119)108-33-11-8-12-34-108)48-66(4)79(114)53-80(115)67(5)49-64(2)18-25-75(126-62-113)26-20-68-21-27-76(28-22-68)128-95(120)98-32-41-123-43-45-125-47-46-124-44-42-122-40-31-84(116)99-54-70-55-100-93(101-56-70)109-36-38-110(39-37-109)94-102-57-74(58-103-94)90(118)111-35-30-71-50-69(19-23-73(71)60-111)59-112-89-85(88(96)104-61-105-89)86(107-112)72-24-29-81-78(51-72)106-92(97)129-81/h7,9-10,14-15,19,23-24,29,49-51,55-58,61-64,66,68,75-77,80,82-83,115H,8,11-13,16-18,20-22,25-28,30-48,52-54,59-60H2,1-6H3,(H2,97,106)(H,98,120)(H,99,116)(H2,96,104,105)/b10-7+,14-9+,65-15+,67-49+/t63-,64+,66-,68-,75+,76-,77?,80+,82?,83+/m1/s1. The minimum atomic E-state index is -0.887. The molecule has 3 saturated heterocycles. The summed E-state index contributed by atoms with van der Waals surface area (Å²) in [4.78, 5) is 129. The van der Waals surface area contributed by atoms with Gasteiger partial charge in [-0.2, -0.15) is 10.1 Å². The lowest BCUT2D eigenvalue weighted by Gasteiger charge is -2.34. The number of nitrogens with zero attached hydrogens (tertiary/aromatic N) is 13. The molecule has 1 aliphatic carbocycles. The number of allylic oxidation sites excluding steroid dienone is 6. The number of alkyl carbamates (subject to hydrolysis) is 1. The first kappa shape index (κ1) is 97.1. The maximum Gasteiger partial charge on any atom is 0.407 e. The lowest BCUT2D eigenvalue weighted by molar-refractivity contribution is -0.157. The van der Waals surface area contributed by atoms with Gasteiger partial charge in [-0.15, -0.1) is 0 Å². The molecular weight excluding hydrogens is 1650 g/mol. The summed E-state index contributed by atoms with van der Waals surface area (Å²) in [6.07, 6.45) is 30.9. The quantitative estimate of drug-likeness (QED) is 0.00777. The lowest BCUT2D eigenvalue weighted by atomic mass is 9.83. The van der Waals surface area contributed by atoms with E-state index in [0.29, 0.717) is 207 Å². The third kappa shape index (κ3) is 29.2. The molecule has 8 atom stereocenters. The predicted molar refractivity (Wildman–Crippen MR) is 486 cm³/mol. The number of fused-ring (bicyclic) bond motifs is 3. The van der Waals surface area contributed by atoms with E-state index < -0.39 is 30.0 Å². The summed E-state index contributed by atoms with van der Waals surface area (Å²) in [7, 11) is 1.67. The van der Waals surface area contributed by atoms with E-state index in [4.69, 9.17) is 58.9 Å². The van der Waals surface area contributed by atoms with Crippen molar-refractivity contribution in [3.8, 4) is 11.3 Å². The number of ether oxygens (including phenoxy) is 8. The summed E-state index contributed by atoms with van der Waals surface area (Å²) in [6, 6.07) is 11.9. The number of aliphatic hydroxyl groups excluding tert-OH is 1. The van der Waals surface area contributed by atoms with Crippen molar-refractivity contribution in [1.29, 1.82) is 0 Å². The number of oxazole rings is 1. The zero-order valence-corrected chi connectivity index (χ0v) is 75.5. The van der Waals surface area contributed by atoms with E-state index in [-0.39, 0.29) is 91.8 Å². The van der Waals surface area contributed by atoms with Gasteiger partial charge in [0.25, 0.3) is 24.3 Å². The average Bonchev–Trinajstić information content (AvgIpc) is 1.61. The predicted octanol–water partition coefficient (Wildman–Crippen LogP) is 11.0. The number of nitrogen functional groups attached to an aromatic ring is 2. The number of nitrogens with one attached hydrogen (secondary N) is 2. The van der Waals surface area contributed by atoms with Gasteiger partial charge in [0, 0.05) is 134 Å². The highest BCUT2D eigenvalue weighted by Crippen LogP contribution is 2.36. The van der Waals surface area contributed by atoms with Crippen LogP contribution in [0.2, 0.25) is 0 Å². The minimum absolute atomic E-state index is 0.0115. The molecule has 129 heavy (non-hydrogen) atoms. The van der Waals surface area contributed by atoms with Crippen molar-refractivity contribution >= 4 is 87.7 Å². The van der Waals surface area contributed by atoms with Crippen LogP contribution in [0.4, 0.5) is 28.5 Å². The van der Waals surface area contributed by atoms with E-state index in [1.165, 1.54) is 6.33 Å². The monoisotopic (exact) mass is 1780 g/mol. The molecule has 2 aromatic carbocycles. The molecule has 34 heteroatoms. The molecule has 4 aliphatic heterocycles. The number of Topliss-reactive ketones (excluding diaryl/α,β-unsaturated/α-hetero) is 2. The van der Waals surface area contributed by atoms with Gasteiger partial charge in [0.05, 0.1) is 88.7 Å². The summed E-state index contributed by atoms with van der Waals surface area (Å²) in [5.41, 5.74) is 21.6. The maximum absolute atomic E-state index is 13.8. The van der Waals surface area contributed by atoms with Crippen molar-refractivity contribution in [3.05, 3.63) is 143 Å². The van der Waals surface area contributed by atoms with Gasteiger partial charge in [-0.25, -0.2) is 39.4 Å². The summed E-state index contributed by atoms with van der Waals surface area (Å²) in [5, 5.41) is 22.4. The summed E-state index contributed by atoms with van der Waals surface area (Å²) < 4.78 is 53.0.